The summed E-state index contributed by atoms with van der Waals surface area (Å²) in [5, 5.41) is 0. The number of methoxy groups -OCH3 is 4. The van der Waals surface area contributed by atoms with Crippen LogP contribution in [0, 0.1) is 5.92 Å². The van der Waals surface area contributed by atoms with Gasteiger partial charge in [-0.05, 0) is 35.8 Å². The van der Waals surface area contributed by atoms with Crippen molar-refractivity contribution in [1.29, 1.82) is 0 Å². The molecule has 1 aromatic rings. The van der Waals surface area contributed by atoms with Gasteiger partial charge in [0.15, 0.2) is 0 Å². The Hall–Kier alpha value is -2.36. The largest absolute Gasteiger partial charge is 0.500 e. The van der Waals surface area contributed by atoms with Crippen LogP contribution in [0.1, 0.15) is 5.56 Å². The summed E-state index contributed by atoms with van der Waals surface area (Å²) in [4.78, 5) is 0. The summed E-state index contributed by atoms with van der Waals surface area (Å²) in [5.74, 6) is 3.20. The first-order valence-corrected chi connectivity index (χ1v) is 7.03. The Bertz CT molecular complexity index is 591. The molecule has 0 fully saturated rings. The van der Waals surface area contributed by atoms with Crippen LogP contribution in [-0.2, 0) is 15.9 Å². The fourth-order valence-electron chi connectivity index (χ4n) is 2.52. The van der Waals surface area contributed by atoms with E-state index in [0.717, 1.165) is 40.6 Å². The molecule has 2 rings (SSSR count). The molecular weight excluding hydrogens is 280 g/mol. The van der Waals surface area contributed by atoms with E-state index in [1.807, 2.05) is 30.4 Å². The molecule has 0 amide bonds. The molecule has 0 radical (unpaired) electrons. The lowest BCUT2D eigenvalue weighted by Gasteiger charge is -2.24. The van der Waals surface area contributed by atoms with E-state index in [1.165, 1.54) is 0 Å². The van der Waals surface area contributed by atoms with Crippen molar-refractivity contribution < 1.29 is 18.9 Å². The predicted octanol–water partition coefficient (Wildman–Crippen LogP) is 3.49. The molecule has 0 N–H and O–H groups in total. The maximum absolute atomic E-state index is 5.51. The maximum Gasteiger partial charge on any atom is 0.122 e. The highest BCUT2D eigenvalue weighted by molar-refractivity contribution is 5.42. The third-order valence-electron chi connectivity index (χ3n) is 3.73. The third-order valence-corrected chi connectivity index (χ3v) is 3.73. The minimum Gasteiger partial charge on any atom is -0.500 e. The van der Waals surface area contributed by atoms with Crippen LogP contribution in [-0.4, -0.2) is 28.4 Å². The lowest BCUT2D eigenvalue weighted by atomic mass is 9.87. The first-order chi connectivity index (χ1) is 10.6. The van der Waals surface area contributed by atoms with Gasteiger partial charge in [0.05, 0.1) is 28.4 Å². The molecule has 1 aromatic carbocycles. The number of benzene rings is 1. The molecule has 22 heavy (non-hydrogen) atoms. The summed E-state index contributed by atoms with van der Waals surface area (Å²) < 4.78 is 21.4. The number of ether oxygens (including phenoxy) is 4. The number of hydrogen-bond acceptors (Lipinski definition) is 4. The predicted molar refractivity (Wildman–Crippen MR) is 86.1 cm³/mol. The van der Waals surface area contributed by atoms with Gasteiger partial charge in [-0.25, -0.2) is 0 Å². The average molecular weight is 302 g/mol. The van der Waals surface area contributed by atoms with Crippen molar-refractivity contribution in [1.82, 2.24) is 0 Å². The molecule has 0 spiro atoms. The van der Waals surface area contributed by atoms with Crippen LogP contribution in [0.25, 0.3) is 0 Å². The molecular formula is C18H22O4. The molecule has 1 atom stereocenters. The number of rotatable bonds is 6. The lowest BCUT2D eigenvalue weighted by Crippen LogP contribution is -2.15. The van der Waals surface area contributed by atoms with E-state index >= 15 is 0 Å². The Labute approximate surface area is 131 Å². The van der Waals surface area contributed by atoms with E-state index in [0.29, 0.717) is 0 Å². The monoisotopic (exact) mass is 302 g/mol. The second-order valence-electron chi connectivity index (χ2n) is 5.05. The molecule has 0 heterocycles. The minimum absolute atomic E-state index is 0.0701. The van der Waals surface area contributed by atoms with Gasteiger partial charge in [0.2, 0.25) is 0 Å². The molecule has 118 valence electrons. The van der Waals surface area contributed by atoms with Crippen molar-refractivity contribution in [3.63, 3.8) is 0 Å². The molecule has 0 saturated heterocycles. The summed E-state index contributed by atoms with van der Waals surface area (Å²) in [6, 6.07) is 5.85. The summed E-state index contributed by atoms with van der Waals surface area (Å²) >= 11 is 0. The Morgan fingerprint density at radius 1 is 0.864 bits per heavy atom. The van der Waals surface area contributed by atoms with E-state index in [4.69, 9.17) is 18.9 Å². The van der Waals surface area contributed by atoms with Crippen LogP contribution in [0.2, 0.25) is 0 Å². The molecule has 1 unspecified atom stereocenters. The van der Waals surface area contributed by atoms with Crippen LogP contribution in [0.3, 0.4) is 0 Å². The smallest absolute Gasteiger partial charge is 0.122 e. The van der Waals surface area contributed by atoms with Crippen LogP contribution in [0.5, 0.6) is 11.5 Å². The van der Waals surface area contributed by atoms with Crippen LogP contribution >= 0.6 is 0 Å². The molecule has 4 heteroatoms. The molecule has 1 aliphatic rings. The summed E-state index contributed by atoms with van der Waals surface area (Å²) in [6.07, 6.45) is 4.58. The van der Waals surface area contributed by atoms with Gasteiger partial charge in [-0.3, -0.25) is 0 Å². The highest BCUT2D eigenvalue weighted by Gasteiger charge is 2.23. The van der Waals surface area contributed by atoms with Gasteiger partial charge in [0, 0.05) is 18.1 Å². The molecule has 0 bridgehead atoms. The first kappa shape index (κ1) is 16.0. The van der Waals surface area contributed by atoms with Gasteiger partial charge in [0.25, 0.3) is 0 Å². The Kier molecular flexibility index (Phi) is 5.15. The maximum atomic E-state index is 5.51. The number of hydrogen-bond donors (Lipinski definition) is 0. The zero-order valence-electron chi connectivity index (χ0n) is 13.5. The standard InChI is InChI=1S/C18H22O4/c1-12-6-14(19-2)11-18(22-5)17(12)9-13-7-15(20-3)10-16(8-13)21-4/h6-8,10-11,17H,1,9H2,2-5H3. The van der Waals surface area contributed by atoms with Crippen molar-refractivity contribution in [3.05, 3.63) is 59.6 Å². The molecule has 0 aliphatic heterocycles. The lowest BCUT2D eigenvalue weighted by molar-refractivity contribution is 0.239. The average Bonchev–Trinajstić information content (AvgIpc) is 2.55. The van der Waals surface area contributed by atoms with E-state index in [1.54, 1.807) is 28.4 Å². The van der Waals surface area contributed by atoms with Crippen molar-refractivity contribution in [2.24, 2.45) is 5.92 Å². The van der Waals surface area contributed by atoms with E-state index in [2.05, 4.69) is 6.58 Å². The fraction of sp³-hybridized carbons (Fsp3) is 0.333. The van der Waals surface area contributed by atoms with Gasteiger partial charge < -0.3 is 18.9 Å². The van der Waals surface area contributed by atoms with Gasteiger partial charge in [-0.15, -0.1) is 0 Å². The topological polar surface area (TPSA) is 36.9 Å². The Morgan fingerprint density at radius 2 is 1.50 bits per heavy atom. The van der Waals surface area contributed by atoms with Gasteiger partial charge >= 0.3 is 0 Å². The van der Waals surface area contributed by atoms with Crippen LogP contribution < -0.4 is 9.47 Å². The number of allylic oxidation sites excluding steroid dienone is 3. The molecule has 0 saturated carbocycles. The zero-order valence-corrected chi connectivity index (χ0v) is 13.5. The zero-order chi connectivity index (χ0) is 16.1. The Balaban J connectivity index is 2.28. The minimum atomic E-state index is 0.0701. The summed E-state index contributed by atoms with van der Waals surface area (Å²) in [5.41, 5.74) is 2.05. The van der Waals surface area contributed by atoms with Crippen molar-refractivity contribution in [2.45, 2.75) is 6.42 Å². The van der Waals surface area contributed by atoms with Gasteiger partial charge in [0.1, 0.15) is 23.0 Å². The summed E-state index contributed by atoms with van der Waals surface area (Å²) in [6.45, 7) is 4.13. The van der Waals surface area contributed by atoms with Crippen molar-refractivity contribution >= 4 is 0 Å². The molecule has 1 aliphatic carbocycles. The SMILES string of the molecule is C=C1C=C(OC)C=C(OC)C1Cc1cc(OC)cc(OC)c1. The van der Waals surface area contributed by atoms with Crippen molar-refractivity contribution in [3.8, 4) is 11.5 Å². The van der Waals surface area contributed by atoms with Gasteiger partial charge in [-0.2, -0.15) is 0 Å². The van der Waals surface area contributed by atoms with Crippen LogP contribution in [0.4, 0.5) is 0 Å². The highest BCUT2D eigenvalue weighted by atomic mass is 16.5. The molecule has 4 nitrogen and oxygen atoms in total. The van der Waals surface area contributed by atoms with Crippen LogP contribution in [0.15, 0.2) is 54.0 Å². The van der Waals surface area contributed by atoms with E-state index in [9.17, 15) is 0 Å². The normalized spacial score (nSPS) is 17.5. The quantitative estimate of drug-likeness (QED) is 0.806. The van der Waals surface area contributed by atoms with E-state index < -0.39 is 0 Å². The Morgan fingerprint density at radius 3 is 2.00 bits per heavy atom. The van der Waals surface area contributed by atoms with E-state index in [-0.39, 0.29) is 5.92 Å². The summed E-state index contributed by atoms with van der Waals surface area (Å²) in [7, 11) is 6.59. The second-order valence-corrected chi connectivity index (χ2v) is 5.05. The molecule has 0 aromatic heterocycles. The van der Waals surface area contributed by atoms with Crippen molar-refractivity contribution in [2.75, 3.05) is 28.4 Å². The first-order valence-electron chi connectivity index (χ1n) is 7.03. The third kappa shape index (κ3) is 3.45. The fourth-order valence-corrected chi connectivity index (χ4v) is 2.52. The highest BCUT2D eigenvalue weighted by Crippen LogP contribution is 2.33. The van der Waals surface area contributed by atoms with Gasteiger partial charge in [-0.1, -0.05) is 6.58 Å². The second kappa shape index (κ2) is 7.07.